The molecule has 0 aliphatic carbocycles. The molecule has 0 atom stereocenters. The van der Waals surface area contributed by atoms with Gasteiger partial charge in [0.05, 0.1) is 6.61 Å². The Labute approximate surface area is 173 Å². The fraction of sp³-hybridized carbons (Fsp3) is 0.429. The second kappa shape index (κ2) is 11.6. The van der Waals surface area contributed by atoms with Gasteiger partial charge in [0.1, 0.15) is 12.2 Å². The van der Waals surface area contributed by atoms with E-state index in [2.05, 4.69) is 10.6 Å². The first-order chi connectivity index (χ1) is 14.4. The molecule has 0 unspecified atom stereocenters. The Bertz CT molecular complexity index is 952. The number of ether oxygens (including phenoxy) is 2. The summed E-state index contributed by atoms with van der Waals surface area (Å²) in [5, 5.41) is 5.84. The molecule has 2 N–H and O–H groups in total. The van der Waals surface area contributed by atoms with Crippen molar-refractivity contribution in [3.05, 3.63) is 40.2 Å². The number of carbonyl (C=O) groups excluding carboxylic acids is 3. The van der Waals surface area contributed by atoms with Gasteiger partial charge < -0.3 is 19.2 Å². The lowest BCUT2D eigenvalue weighted by Crippen LogP contribution is -2.20. The zero-order valence-electron chi connectivity index (χ0n) is 17.1. The van der Waals surface area contributed by atoms with Crippen LogP contribution in [0, 0.1) is 0 Å². The summed E-state index contributed by atoms with van der Waals surface area (Å²) in [5.74, 6) is -0.436. The van der Waals surface area contributed by atoms with Crippen LogP contribution in [0.15, 0.2) is 33.5 Å². The highest BCUT2D eigenvalue weighted by Gasteiger charge is 2.11. The quantitative estimate of drug-likeness (QED) is 0.345. The van der Waals surface area contributed by atoms with Crippen LogP contribution in [-0.4, -0.2) is 31.1 Å². The second-order valence-electron chi connectivity index (χ2n) is 6.60. The summed E-state index contributed by atoms with van der Waals surface area (Å²) in [5.41, 5.74) is 0.612. The van der Waals surface area contributed by atoms with E-state index >= 15 is 0 Å². The highest BCUT2D eigenvalue weighted by atomic mass is 16.5. The molecule has 0 spiro atoms. The predicted octanol–water partition coefficient (Wildman–Crippen LogP) is 3.10. The normalized spacial score (nSPS) is 10.5. The fourth-order valence-corrected chi connectivity index (χ4v) is 2.78. The number of fused-ring (bicyclic) bond motifs is 1. The fourth-order valence-electron chi connectivity index (χ4n) is 2.78. The highest BCUT2D eigenvalue weighted by molar-refractivity contribution is 5.90. The SMILES string of the molecule is CCOC(=O)Nc1ccc2c(COC(=O)CCCCCNC(C)=O)cc(=O)oc2c1. The lowest BCUT2D eigenvalue weighted by atomic mass is 10.1. The lowest BCUT2D eigenvalue weighted by Gasteiger charge is -2.09. The van der Waals surface area contributed by atoms with Crippen molar-refractivity contribution in [1.82, 2.24) is 5.32 Å². The second-order valence-corrected chi connectivity index (χ2v) is 6.60. The minimum absolute atomic E-state index is 0.0581. The number of hydrogen-bond acceptors (Lipinski definition) is 7. The molecule has 162 valence electrons. The van der Waals surface area contributed by atoms with Gasteiger partial charge in [0.15, 0.2) is 0 Å². The van der Waals surface area contributed by atoms with E-state index in [9.17, 15) is 19.2 Å². The molecule has 0 radical (unpaired) electrons. The van der Waals surface area contributed by atoms with E-state index in [1.165, 1.54) is 19.1 Å². The van der Waals surface area contributed by atoms with Crippen molar-refractivity contribution in [2.24, 2.45) is 0 Å². The highest BCUT2D eigenvalue weighted by Crippen LogP contribution is 2.22. The number of carbonyl (C=O) groups is 3. The van der Waals surface area contributed by atoms with Gasteiger partial charge in [0.25, 0.3) is 0 Å². The zero-order valence-corrected chi connectivity index (χ0v) is 17.1. The number of esters is 1. The first kappa shape index (κ1) is 22.9. The van der Waals surface area contributed by atoms with Gasteiger partial charge in [0.2, 0.25) is 5.91 Å². The van der Waals surface area contributed by atoms with Gasteiger partial charge in [-0.15, -0.1) is 0 Å². The number of benzene rings is 1. The van der Waals surface area contributed by atoms with Crippen LogP contribution in [0.3, 0.4) is 0 Å². The molecule has 0 bridgehead atoms. The van der Waals surface area contributed by atoms with E-state index in [-0.39, 0.29) is 37.1 Å². The van der Waals surface area contributed by atoms with Crippen LogP contribution in [0.2, 0.25) is 0 Å². The van der Waals surface area contributed by atoms with Gasteiger partial charge in [0, 0.05) is 48.7 Å². The van der Waals surface area contributed by atoms with Crippen LogP contribution in [0.4, 0.5) is 10.5 Å². The third-order valence-electron chi connectivity index (χ3n) is 4.17. The van der Waals surface area contributed by atoms with Crippen LogP contribution in [0.25, 0.3) is 11.0 Å². The molecule has 2 rings (SSSR count). The van der Waals surface area contributed by atoms with Crippen LogP contribution in [-0.2, 0) is 25.7 Å². The summed E-state index contributed by atoms with van der Waals surface area (Å²) in [4.78, 5) is 46.1. The van der Waals surface area contributed by atoms with Crippen molar-refractivity contribution in [3.63, 3.8) is 0 Å². The maximum absolute atomic E-state index is 12.0. The summed E-state index contributed by atoms with van der Waals surface area (Å²) in [6, 6.07) is 6.10. The molecular weight excluding hydrogens is 392 g/mol. The standard InChI is InChI=1S/C21H26N2O7/c1-3-28-21(27)23-16-8-9-17-15(11-20(26)30-18(17)12-16)13-29-19(25)7-5-4-6-10-22-14(2)24/h8-9,11-12H,3-7,10,13H2,1-2H3,(H,22,24)(H,23,27). The van der Waals surface area contributed by atoms with Gasteiger partial charge in [-0.3, -0.25) is 14.9 Å². The molecule has 0 aliphatic heterocycles. The Kier molecular flexibility index (Phi) is 8.86. The van der Waals surface area contributed by atoms with Crippen molar-refractivity contribution >= 4 is 34.6 Å². The summed E-state index contributed by atoms with van der Waals surface area (Å²) >= 11 is 0. The Morgan fingerprint density at radius 2 is 1.87 bits per heavy atom. The van der Waals surface area contributed by atoms with Gasteiger partial charge in [-0.1, -0.05) is 6.42 Å². The Morgan fingerprint density at radius 1 is 1.07 bits per heavy atom. The van der Waals surface area contributed by atoms with E-state index in [0.29, 0.717) is 29.6 Å². The number of hydrogen-bond donors (Lipinski definition) is 2. The largest absolute Gasteiger partial charge is 0.461 e. The molecule has 0 saturated heterocycles. The minimum atomic E-state index is -0.610. The van der Waals surface area contributed by atoms with Crippen molar-refractivity contribution in [3.8, 4) is 0 Å². The molecule has 0 saturated carbocycles. The zero-order chi connectivity index (χ0) is 21.9. The molecule has 9 heteroatoms. The third-order valence-corrected chi connectivity index (χ3v) is 4.17. The number of rotatable bonds is 10. The molecule has 1 aromatic carbocycles. The summed E-state index contributed by atoms with van der Waals surface area (Å²) in [7, 11) is 0. The predicted molar refractivity (Wildman–Crippen MR) is 110 cm³/mol. The number of anilines is 1. The smallest absolute Gasteiger partial charge is 0.411 e. The molecule has 9 nitrogen and oxygen atoms in total. The minimum Gasteiger partial charge on any atom is -0.461 e. The maximum atomic E-state index is 12.0. The number of unbranched alkanes of at least 4 members (excludes halogenated alkanes) is 2. The lowest BCUT2D eigenvalue weighted by molar-refractivity contribution is -0.145. The van der Waals surface area contributed by atoms with Gasteiger partial charge in [-0.25, -0.2) is 9.59 Å². The summed E-state index contributed by atoms with van der Waals surface area (Å²) in [6.45, 7) is 3.92. The Hall–Kier alpha value is -3.36. The molecule has 1 heterocycles. The molecule has 0 aliphatic rings. The maximum Gasteiger partial charge on any atom is 0.411 e. The Balaban J connectivity index is 1.92. The first-order valence-electron chi connectivity index (χ1n) is 9.79. The molecule has 2 amide bonds. The van der Waals surface area contributed by atoms with Gasteiger partial charge in [-0.2, -0.15) is 0 Å². The number of nitrogens with one attached hydrogen (secondary N) is 2. The molecule has 2 aromatic rings. The van der Waals surface area contributed by atoms with Crippen molar-refractivity contribution in [1.29, 1.82) is 0 Å². The number of amides is 2. The topological polar surface area (TPSA) is 124 Å². The Morgan fingerprint density at radius 3 is 2.60 bits per heavy atom. The average Bonchev–Trinajstić information content (AvgIpc) is 2.68. The molecule has 30 heavy (non-hydrogen) atoms. The van der Waals surface area contributed by atoms with E-state index in [1.807, 2.05) is 0 Å². The van der Waals surface area contributed by atoms with Crippen molar-refractivity contribution in [2.75, 3.05) is 18.5 Å². The van der Waals surface area contributed by atoms with Gasteiger partial charge in [-0.05, 0) is 31.9 Å². The van der Waals surface area contributed by atoms with Crippen LogP contribution >= 0.6 is 0 Å². The molecule has 0 fully saturated rings. The average molecular weight is 418 g/mol. The van der Waals surface area contributed by atoms with Gasteiger partial charge >= 0.3 is 17.7 Å². The van der Waals surface area contributed by atoms with E-state index in [1.54, 1.807) is 19.1 Å². The van der Waals surface area contributed by atoms with Crippen LogP contribution < -0.4 is 16.3 Å². The van der Waals surface area contributed by atoms with E-state index in [4.69, 9.17) is 13.9 Å². The van der Waals surface area contributed by atoms with E-state index in [0.717, 1.165) is 12.8 Å². The summed E-state index contributed by atoms with van der Waals surface area (Å²) in [6.07, 6.45) is 1.89. The van der Waals surface area contributed by atoms with Crippen LogP contribution in [0.1, 0.15) is 45.1 Å². The van der Waals surface area contributed by atoms with Crippen LogP contribution in [0.5, 0.6) is 0 Å². The third kappa shape index (κ3) is 7.57. The monoisotopic (exact) mass is 418 g/mol. The van der Waals surface area contributed by atoms with Crippen molar-refractivity contribution in [2.45, 2.75) is 46.1 Å². The van der Waals surface area contributed by atoms with E-state index < -0.39 is 11.7 Å². The summed E-state index contributed by atoms with van der Waals surface area (Å²) < 4.78 is 15.3. The molecular formula is C21H26N2O7. The first-order valence-corrected chi connectivity index (χ1v) is 9.79. The van der Waals surface area contributed by atoms with Crippen molar-refractivity contribution < 1.29 is 28.3 Å². The molecule has 1 aromatic heterocycles.